The van der Waals surface area contributed by atoms with Crippen molar-refractivity contribution in [3.63, 3.8) is 0 Å². The fourth-order valence-corrected chi connectivity index (χ4v) is 6.00. The maximum Gasteiger partial charge on any atom is 0.328 e. The molecule has 34 heavy (non-hydrogen) atoms. The molecule has 0 saturated carbocycles. The highest BCUT2D eigenvalue weighted by molar-refractivity contribution is 6.38. The number of nitrogens with zero attached hydrogens (tertiary/aromatic N) is 3. The molecular formula is C23H20ClN5O5. The summed E-state index contributed by atoms with van der Waals surface area (Å²) in [5, 5.41) is 9.74. The van der Waals surface area contributed by atoms with Gasteiger partial charge < -0.3 is 14.2 Å². The summed E-state index contributed by atoms with van der Waals surface area (Å²) in [6, 6.07) is 5.77. The second-order valence-electron chi connectivity index (χ2n) is 8.96. The van der Waals surface area contributed by atoms with Crippen LogP contribution >= 0.6 is 11.6 Å². The van der Waals surface area contributed by atoms with E-state index in [2.05, 4.69) is 20.8 Å². The van der Waals surface area contributed by atoms with Crippen LogP contribution in [0.5, 0.6) is 0 Å². The number of pyridine rings is 1. The molecule has 2 fully saturated rings. The number of benzene rings is 1. The van der Waals surface area contributed by atoms with Crippen molar-refractivity contribution in [3.05, 3.63) is 41.0 Å². The highest BCUT2D eigenvalue weighted by Gasteiger charge is 2.63. The van der Waals surface area contributed by atoms with Crippen LogP contribution in [0.15, 0.2) is 35.0 Å². The van der Waals surface area contributed by atoms with Crippen LogP contribution in [-0.4, -0.2) is 52.8 Å². The fourth-order valence-electron chi connectivity index (χ4n) is 5.64. The molecule has 10 nitrogen and oxygen atoms in total. The molecule has 0 radical (unpaired) electrons. The van der Waals surface area contributed by atoms with E-state index in [9.17, 15) is 14.4 Å². The van der Waals surface area contributed by atoms with E-state index in [1.54, 1.807) is 18.3 Å². The van der Waals surface area contributed by atoms with E-state index in [0.29, 0.717) is 45.2 Å². The zero-order valence-corrected chi connectivity index (χ0v) is 19.0. The van der Waals surface area contributed by atoms with Crippen LogP contribution in [0, 0.1) is 5.41 Å². The number of ether oxygens (including phenoxy) is 1. The first-order chi connectivity index (χ1) is 16.3. The molecule has 1 aromatic carbocycles. The number of amides is 4. The quantitative estimate of drug-likeness (QED) is 0.507. The van der Waals surface area contributed by atoms with Gasteiger partial charge in [0.25, 0.3) is 0 Å². The first-order valence-corrected chi connectivity index (χ1v) is 11.3. The topological polar surface area (TPSA) is 127 Å². The van der Waals surface area contributed by atoms with Crippen molar-refractivity contribution in [1.29, 1.82) is 0 Å². The highest BCUT2D eigenvalue weighted by atomic mass is 35.5. The van der Waals surface area contributed by atoms with Crippen molar-refractivity contribution in [2.75, 3.05) is 11.4 Å². The van der Waals surface area contributed by atoms with Crippen molar-refractivity contribution in [1.82, 2.24) is 20.8 Å². The molecule has 2 N–H and O–H groups in total. The number of rotatable bonds is 1. The summed E-state index contributed by atoms with van der Waals surface area (Å²) in [7, 11) is 0. The van der Waals surface area contributed by atoms with E-state index in [1.807, 2.05) is 30.9 Å². The fraction of sp³-hybridized carbons (Fsp3) is 0.348. The monoisotopic (exact) mass is 481 g/mol. The highest BCUT2D eigenvalue weighted by Crippen LogP contribution is 2.51. The molecule has 2 aromatic heterocycles. The largest absolute Gasteiger partial charge is 0.372 e. The number of nitrogens with one attached hydrogen (secondary N) is 2. The second kappa shape index (κ2) is 7.25. The summed E-state index contributed by atoms with van der Waals surface area (Å²) < 4.78 is 11.7. The standard InChI is InChI=1S/C23H20ClN5O5/c1-10-9-29-17-12(7-13-16(14-5-3-4-6-25-14)28-34-18(13)15(17)24)8-23(19(29)11(2)33-10)20(30)26-22(32)27-21(23)31/h3-7,10-11,19H,8-9H2,1-2H3,(H2,26,27,30,31,32)/t10-,11+,19-/m0/s1. The molecule has 2 saturated heterocycles. The van der Waals surface area contributed by atoms with Crippen LogP contribution in [0.4, 0.5) is 10.5 Å². The van der Waals surface area contributed by atoms with E-state index in [4.69, 9.17) is 20.9 Å². The first kappa shape index (κ1) is 21.1. The van der Waals surface area contributed by atoms with Gasteiger partial charge in [0.1, 0.15) is 10.7 Å². The minimum absolute atomic E-state index is 0.0268. The van der Waals surface area contributed by atoms with Gasteiger partial charge in [-0.15, -0.1) is 0 Å². The average molecular weight is 482 g/mol. The van der Waals surface area contributed by atoms with Gasteiger partial charge in [-0.1, -0.05) is 22.8 Å². The van der Waals surface area contributed by atoms with Crippen LogP contribution in [0.1, 0.15) is 19.4 Å². The zero-order valence-electron chi connectivity index (χ0n) is 18.3. The lowest BCUT2D eigenvalue weighted by Gasteiger charge is -2.55. The van der Waals surface area contributed by atoms with Gasteiger partial charge >= 0.3 is 6.03 Å². The summed E-state index contributed by atoms with van der Waals surface area (Å²) in [4.78, 5) is 44.8. The smallest absolute Gasteiger partial charge is 0.328 e. The number of anilines is 1. The number of halogens is 1. The molecule has 5 heterocycles. The first-order valence-electron chi connectivity index (χ1n) is 10.9. The Bertz CT molecular complexity index is 1350. The molecule has 0 bridgehead atoms. The SMILES string of the molecule is C[C@H]1CN2c3c(cc4c(-c5ccccn5)noc4c3Cl)CC3(C(=O)NC(=O)NC3=O)[C@@H]2[C@@H](C)O1. The Labute approximate surface area is 198 Å². The summed E-state index contributed by atoms with van der Waals surface area (Å²) in [6.07, 6.45) is 1.00. The van der Waals surface area contributed by atoms with Crippen LogP contribution < -0.4 is 15.5 Å². The molecule has 3 aromatic rings. The van der Waals surface area contributed by atoms with Crippen molar-refractivity contribution >= 4 is 46.1 Å². The van der Waals surface area contributed by atoms with Gasteiger partial charge in [-0.2, -0.15) is 0 Å². The van der Waals surface area contributed by atoms with Crippen molar-refractivity contribution in [2.24, 2.45) is 5.41 Å². The third-order valence-electron chi connectivity index (χ3n) is 6.87. The molecule has 3 aliphatic rings. The average Bonchev–Trinajstić information content (AvgIpc) is 3.21. The second-order valence-corrected chi connectivity index (χ2v) is 9.33. The molecule has 3 atom stereocenters. The molecule has 11 heteroatoms. The normalized spacial score (nSPS) is 25.7. The minimum Gasteiger partial charge on any atom is -0.372 e. The van der Waals surface area contributed by atoms with Gasteiger partial charge in [-0.25, -0.2) is 4.79 Å². The van der Waals surface area contributed by atoms with E-state index in [-0.39, 0.29) is 12.5 Å². The van der Waals surface area contributed by atoms with E-state index < -0.39 is 35.4 Å². The maximum absolute atomic E-state index is 13.3. The van der Waals surface area contributed by atoms with E-state index in [1.165, 1.54) is 0 Å². The van der Waals surface area contributed by atoms with Crippen molar-refractivity contribution in [2.45, 2.75) is 38.5 Å². The number of hydrogen-bond donors (Lipinski definition) is 2. The summed E-state index contributed by atoms with van der Waals surface area (Å²) in [5.41, 5.74) is 1.28. The van der Waals surface area contributed by atoms with Crippen LogP contribution in [-0.2, 0) is 20.7 Å². The van der Waals surface area contributed by atoms with E-state index in [0.717, 1.165) is 0 Å². The summed E-state index contributed by atoms with van der Waals surface area (Å²) in [6.45, 7) is 4.13. The third-order valence-corrected chi connectivity index (χ3v) is 7.22. The van der Waals surface area contributed by atoms with Crippen molar-refractivity contribution in [3.8, 4) is 11.4 Å². The molecule has 0 unspecified atom stereocenters. The molecule has 6 rings (SSSR count). The minimum atomic E-state index is -1.58. The molecule has 3 aliphatic heterocycles. The summed E-state index contributed by atoms with van der Waals surface area (Å²) in [5.74, 6) is -1.31. The molecular weight excluding hydrogens is 462 g/mol. The number of fused-ring (bicyclic) bond motifs is 5. The maximum atomic E-state index is 13.3. The number of morpholine rings is 1. The summed E-state index contributed by atoms with van der Waals surface area (Å²) >= 11 is 6.91. The number of barbiturate groups is 1. The van der Waals surface area contributed by atoms with Crippen LogP contribution in [0.25, 0.3) is 22.4 Å². The number of hydrogen-bond acceptors (Lipinski definition) is 8. The van der Waals surface area contributed by atoms with Crippen LogP contribution in [0.2, 0.25) is 5.02 Å². The Balaban J connectivity index is 1.61. The van der Waals surface area contributed by atoms with Crippen molar-refractivity contribution < 1.29 is 23.6 Å². The lowest BCUT2D eigenvalue weighted by atomic mass is 9.66. The van der Waals surface area contributed by atoms with Gasteiger partial charge in [-0.3, -0.25) is 25.2 Å². The molecule has 1 spiro atoms. The van der Waals surface area contributed by atoms with Crippen LogP contribution in [0.3, 0.4) is 0 Å². The number of imide groups is 2. The Kier molecular flexibility index (Phi) is 4.49. The number of carbonyl (C=O) groups is 3. The number of aromatic nitrogens is 2. The Hall–Kier alpha value is -3.50. The predicted octanol–water partition coefficient (Wildman–Crippen LogP) is 2.43. The zero-order chi connectivity index (χ0) is 23.8. The van der Waals surface area contributed by atoms with Gasteiger partial charge in [0.05, 0.1) is 35.0 Å². The van der Waals surface area contributed by atoms with Gasteiger partial charge in [0.2, 0.25) is 11.8 Å². The number of carbonyl (C=O) groups excluding carboxylic acids is 3. The predicted molar refractivity (Wildman–Crippen MR) is 121 cm³/mol. The van der Waals surface area contributed by atoms with Gasteiger partial charge in [-0.05, 0) is 44.0 Å². The molecule has 4 amide bonds. The van der Waals surface area contributed by atoms with Gasteiger partial charge in [0, 0.05) is 12.7 Å². The van der Waals surface area contributed by atoms with Gasteiger partial charge in [0.15, 0.2) is 11.0 Å². The van der Waals surface area contributed by atoms with E-state index >= 15 is 0 Å². The molecule has 174 valence electrons. The lowest BCUT2D eigenvalue weighted by Crippen LogP contribution is -2.75. The number of urea groups is 1. The lowest BCUT2D eigenvalue weighted by molar-refractivity contribution is -0.153. The molecule has 0 aliphatic carbocycles. The Morgan fingerprint density at radius 1 is 1.18 bits per heavy atom. The Morgan fingerprint density at radius 3 is 2.65 bits per heavy atom. The Morgan fingerprint density at radius 2 is 1.94 bits per heavy atom. The third kappa shape index (κ3) is 2.75.